The van der Waals surface area contributed by atoms with Crippen LogP contribution in [0.25, 0.3) is 21.9 Å². The zero-order valence-corrected chi connectivity index (χ0v) is 14.2. The molecule has 4 aromatic rings. The normalized spacial score (nSPS) is 11.1. The molecule has 7 nitrogen and oxygen atoms in total. The average Bonchev–Trinajstić information content (AvgIpc) is 3.02. The molecule has 0 saturated carbocycles. The van der Waals surface area contributed by atoms with E-state index in [-0.39, 0.29) is 18.0 Å². The van der Waals surface area contributed by atoms with E-state index in [1.54, 1.807) is 12.4 Å². The lowest BCUT2D eigenvalue weighted by Gasteiger charge is -2.07. The Morgan fingerprint density at radius 1 is 1.23 bits per heavy atom. The molecule has 130 valence electrons. The maximum atomic E-state index is 12.7. The van der Waals surface area contributed by atoms with Gasteiger partial charge in [-0.1, -0.05) is 11.6 Å². The Balaban J connectivity index is 1.59. The molecule has 0 aliphatic carbocycles. The maximum Gasteiger partial charge on any atom is 0.278 e. The molecule has 1 amide bonds. The topological polar surface area (TPSA) is 92.7 Å². The molecule has 26 heavy (non-hydrogen) atoms. The van der Waals surface area contributed by atoms with Gasteiger partial charge in [0, 0.05) is 29.8 Å². The van der Waals surface area contributed by atoms with Crippen molar-refractivity contribution in [3.63, 3.8) is 0 Å². The predicted molar refractivity (Wildman–Crippen MR) is 98.7 cm³/mol. The molecule has 0 unspecified atom stereocenters. The number of nitrogens with one attached hydrogen (secondary N) is 2. The first-order valence-corrected chi connectivity index (χ1v) is 8.25. The smallest absolute Gasteiger partial charge is 0.278 e. The average molecular weight is 347 g/mol. The third kappa shape index (κ3) is 2.95. The molecule has 7 heteroatoms. The van der Waals surface area contributed by atoms with E-state index < -0.39 is 0 Å². The molecule has 2 N–H and O–H groups in total. The minimum Gasteiger partial charge on any atom is -0.350 e. The summed E-state index contributed by atoms with van der Waals surface area (Å²) in [6.07, 6.45) is 4.76. The van der Waals surface area contributed by atoms with Crippen LogP contribution in [0.3, 0.4) is 0 Å². The summed E-state index contributed by atoms with van der Waals surface area (Å²) in [5.41, 5.74) is 3.68. The molecule has 3 aromatic heterocycles. The quantitative estimate of drug-likeness (QED) is 0.590. The van der Waals surface area contributed by atoms with Crippen molar-refractivity contribution in [2.24, 2.45) is 0 Å². The monoisotopic (exact) mass is 347 g/mol. The van der Waals surface area contributed by atoms with Gasteiger partial charge >= 0.3 is 0 Å². The van der Waals surface area contributed by atoms with Crippen molar-refractivity contribution >= 4 is 27.8 Å². The Morgan fingerprint density at radius 2 is 2.04 bits per heavy atom. The second-order valence-corrected chi connectivity index (χ2v) is 6.21. The highest BCUT2D eigenvalue weighted by Gasteiger charge is 2.12. The number of benzene rings is 1. The summed E-state index contributed by atoms with van der Waals surface area (Å²) < 4.78 is 1.31. The Hall–Kier alpha value is -3.48. The van der Waals surface area contributed by atoms with Gasteiger partial charge in [0.25, 0.3) is 5.56 Å². The van der Waals surface area contributed by atoms with E-state index in [9.17, 15) is 9.59 Å². The van der Waals surface area contributed by atoms with Gasteiger partial charge in [-0.05, 0) is 36.8 Å². The van der Waals surface area contributed by atoms with Gasteiger partial charge in [-0.15, -0.1) is 0 Å². The van der Waals surface area contributed by atoms with Crippen LogP contribution in [0.1, 0.15) is 11.1 Å². The summed E-state index contributed by atoms with van der Waals surface area (Å²) in [6, 6.07) is 9.55. The molecule has 0 atom stereocenters. The fourth-order valence-electron chi connectivity index (χ4n) is 2.93. The van der Waals surface area contributed by atoms with Gasteiger partial charge in [0.1, 0.15) is 17.6 Å². The number of fused-ring (bicyclic) bond motifs is 3. The van der Waals surface area contributed by atoms with Crippen LogP contribution in [0.2, 0.25) is 0 Å². The van der Waals surface area contributed by atoms with E-state index in [1.807, 2.05) is 37.3 Å². The Kier molecular flexibility index (Phi) is 3.96. The molecule has 0 aliphatic heterocycles. The van der Waals surface area contributed by atoms with Crippen LogP contribution in [-0.2, 0) is 17.9 Å². The maximum absolute atomic E-state index is 12.7. The van der Waals surface area contributed by atoms with Crippen molar-refractivity contribution < 1.29 is 4.79 Å². The molecule has 0 radical (unpaired) electrons. The summed E-state index contributed by atoms with van der Waals surface area (Å²) >= 11 is 0. The van der Waals surface area contributed by atoms with Crippen LogP contribution < -0.4 is 10.9 Å². The van der Waals surface area contributed by atoms with E-state index in [4.69, 9.17) is 0 Å². The van der Waals surface area contributed by atoms with Gasteiger partial charge in [-0.25, -0.2) is 4.98 Å². The number of hydrogen-bond acceptors (Lipinski definition) is 4. The number of carbonyl (C=O) groups is 1. The summed E-state index contributed by atoms with van der Waals surface area (Å²) in [7, 11) is 0. The Morgan fingerprint density at radius 3 is 2.85 bits per heavy atom. The number of pyridine rings is 1. The SMILES string of the molecule is Cc1ccc2[nH]c3c(=O)n(CC(=O)NCc4ccncc4)cnc3c2c1. The summed E-state index contributed by atoms with van der Waals surface area (Å²) in [6.45, 7) is 2.30. The van der Waals surface area contributed by atoms with Gasteiger partial charge in [0.15, 0.2) is 0 Å². The van der Waals surface area contributed by atoms with Crippen molar-refractivity contribution in [3.8, 4) is 0 Å². The molecule has 0 aliphatic rings. The fourth-order valence-corrected chi connectivity index (χ4v) is 2.93. The molecule has 4 rings (SSSR count). The number of hydrogen-bond donors (Lipinski definition) is 2. The van der Waals surface area contributed by atoms with Crippen molar-refractivity contribution in [3.05, 3.63) is 70.5 Å². The number of H-pyrrole nitrogens is 1. The van der Waals surface area contributed by atoms with Crippen LogP contribution in [0.5, 0.6) is 0 Å². The van der Waals surface area contributed by atoms with E-state index >= 15 is 0 Å². The highest BCUT2D eigenvalue weighted by atomic mass is 16.2. The third-order valence-electron chi connectivity index (χ3n) is 4.28. The lowest BCUT2D eigenvalue weighted by molar-refractivity contribution is -0.121. The highest BCUT2D eigenvalue weighted by Crippen LogP contribution is 2.22. The largest absolute Gasteiger partial charge is 0.350 e. The lowest BCUT2D eigenvalue weighted by Crippen LogP contribution is -2.32. The van der Waals surface area contributed by atoms with Crippen molar-refractivity contribution in [2.45, 2.75) is 20.0 Å². The molecule has 0 fully saturated rings. The van der Waals surface area contributed by atoms with Crippen LogP contribution in [0.4, 0.5) is 0 Å². The first kappa shape index (κ1) is 16.0. The van der Waals surface area contributed by atoms with E-state index in [0.29, 0.717) is 17.6 Å². The van der Waals surface area contributed by atoms with E-state index in [0.717, 1.165) is 22.0 Å². The first-order chi connectivity index (χ1) is 12.6. The zero-order chi connectivity index (χ0) is 18.1. The molecule has 0 bridgehead atoms. The van der Waals surface area contributed by atoms with Crippen LogP contribution >= 0.6 is 0 Å². The van der Waals surface area contributed by atoms with Gasteiger partial charge in [0.2, 0.25) is 5.91 Å². The molecule has 1 aromatic carbocycles. The summed E-state index contributed by atoms with van der Waals surface area (Å²) in [5.74, 6) is -0.253. The van der Waals surface area contributed by atoms with Crippen molar-refractivity contribution in [1.29, 1.82) is 0 Å². The van der Waals surface area contributed by atoms with Crippen LogP contribution in [-0.4, -0.2) is 25.4 Å². The number of aromatic amines is 1. The van der Waals surface area contributed by atoms with E-state index in [1.165, 1.54) is 10.9 Å². The highest BCUT2D eigenvalue weighted by molar-refractivity contribution is 6.04. The Labute approximate surface area is 148 Å². The fraction of sp³-hybridized carbons (Fsp3) is 0.158. The number of aromatic nitrogens is 4. The number of rotatable bonds is 4. The molecule has 0 spiro atoms. The molecule has 3 heterocycles. The Bertz CT molecular complexity index is 1160. The van der Waals surface area contributed by atoms with Crippen molar-refractivity contribution in [2.75, 3.05) is 0 Å². The standard InChI is InChI=1S/C19H17N5O2/c1-12-2-3-15-14(8-12)17-18(23-15)19(26)24(11-22-17)10-16(25)21-9-13-4-6-20-7-5-13/h2-8,11,23H,9-10H2,1H3,(H,21,25). The zero-order valence-electron chi connectivity index (χ0n) is 14.2. The number of aryl methyl sites for hydroxylation is 1. The predicted octanol–water partition coefficient (Wildman–Crippen LogP) is 1.90. The van der Waals surface area contributed by atoms with Gasteiger partial charge in [-0.3, -0.25) is 19.1 Å². The number of nitrogens with zero attached hydrogens (tertiary/aromatic N) is 3. The van der Waals surface area contributed by atoms with Crippen LogP contribution in [0.15, 0.2) is 53.8 Å². The van der Waals surface area contributed by atoms with E-state index in [2.05, 4.69) is 20.3 Å². The molecular formula is C19H17N5O2. The van der Waals surface area contributed by atoms with Gasteiger partial charge < -0.3 is 10.3 Å². The number of carbonyl (C=O) groups excluding carboxylic acids is 1. The molecular weight excluding hydrogens is 330 g/mol. The number of amides is 1. The first-order valence-electron chi connectivity index (χ1n) is 8.25. The van der Waals surface area contributed by atoms with Crippen LogP contribution in [0, 0.1) is 6.92 Å². The van der Waals surface area contributed by atoms with Gasteiger partial charge in [-0.2, -0.15) is 0 Å². The lowest BCUT2D eigenvalue weighted by atomic mass is 10.2. The van der Waals surface area contributed by atoms with Crippen molar-refractivity contribution in [1.82, 2.24) is 24.8 Å². The second kappa shape index (κ2) is 6.44. The summed E-state index contributed by atoms with van der Waals surface area (Å²) in [5, 5.41) is 3.70. The summed E-state index contributed by atoms with van der Waals surface area (Å²) in [4.78, 5) is 36.3. The van der Waals surface area contributed by atoms with Gasteiger partial charge in [0.05, 0.1) is 6.33 Å². The third-order valence-corrected chi connectivity index (χ3v) is 4.28. The molecule has 0 saturated heterocycles. The minimum absolute atomic E-state index is 0.0821. The minimum atomic E-state index is -0.261. The second-order valence-electron chi connectivity index (χ2n) is 6.21.